The zero-order valence-corrected chi connectivity index (χ0v) is 14.4. The van der Waals surface area contributed by atoms with E-state index in [4.69, 9.17) is 5.26 Å². The zero-order chi connectivity index (χ0) is 10.4. The predicted molar refractivity (Wildman–Crippen MR) is 69.4 cm³/mol. The van der Waals surface area contributed by atoms with Gasteiger partial charge in [-0.2, -0.15) is 5.26 Å². The summed E-state index contributed by atoms with van der Waals surface area (Å²) in [6.07, 6.45) is 14.0. The normalized spacial score (nSPS) is 14.9. The monoisotopic (exact) mass is 570 g/mol. The number of hydrogen-bond acceptors (Lipinski definition) is 1. The molecule has 4 heteroatoms. The van der Waals surface area contributed by atoms with Gasteiger partial charge in [0.2, 0.25) is 0 Å². The molecule has 7 radical (unpaired) electrons. The second-order valence-electron chi connectivity index (χ2n) is 1.63. The third-order valence-electron chi connectivity index (χ3n) is 0.778. The van der Waals surface area contributed by atoms with Crippen LogP contribution in [0.4, 0.5) is 0 Å². The van der Waals surface area contributed by atoms with E-state index in [0.29, 0.717) is 0 Å². The second kappa shape index (κ2) is 19.2. The van der Waals surface area contributed by atoms with Crippen molar-refractivity contribution >= 4 is 38.7 Å². The molecule has 1 rings (SSSR count). The third kappa shape index (κ3) is 24.8. The molecule has 0 N–H and O–H groups in total. The summed E-state index contributed by atoms with van der Waals surface area (Å²) in [6.45, 7) is 1.43. The Balaban J connectivity index is 0. The fourth-order valence-corrected chi connectivity index (χ4v) is 0.449. The Labute approximate surface area is 112 Å². The first-order valence-corrected chi connectivity index (χ1v) is 20.0. The van der Waals surface area contributed by atoms with Gasteiger partial charge in [0, 0.05) is 6.92 Å². The predicted octanol–water partition coefficient (Wildman–Crippen LogP) is 3.73. The molecule has 1 fully saturated rings. The minimum atomic E-state index is 0.190. The van der Waals surface area contributed by atoms with Gasteiger partial charge >= 0.3 is 49.9 Å². The summed E-state index contributed by atoms with van der Waals surface area (Å²) in [4.78, 5) is 0. The molecule has 0 aromatic heterocycles. The van der Waals surface area contributed by atoms with Crippen LogP contribution in [0.5, 0.6) is 0 Å². The van der Waals surface area contributed by atoms with Crippen molar-refractivity contribution in [3.05, 3.63) is 44.9 Å². The minimum absolute atomic E-state index is 0.190. The Kier molecular flexibility index (Phi) is 25.2. The fourth-order valence-electron chi connectivity index (χ4n) is 0.449. The summed E-state index contributed by atoms with van der Waals surface area (Å²) in [5.74, 6) is 0. The van der Waals surface area contributed by atoms with E-state index in [9.17, 15) is 0 Å². The van der Waals surface area contributed by atoms with Gasteiger partial charge in [-0.3, -0.25) is 0 Å². The van der Waals surface area contributed by atoms with Crippen LogP contribution in [-0.4, -0.2) is 0 Å². The van der Waals surface area contributed by atoms with Crippen molar-refractivity contribution in [2.24, 2.45) is 0 Å². The topological polar surface area (TPSA) is 23.8 Å². The van der Waals surface area contributed by atoms with Crippen LogP contribution in [0.2, 0.25) is 0 Å². The van der Waals surface area contributed by atoms with Gasteiger partial charge in [0.15, 0.2) is 0 Å². The molecule has 0 amide bonds. The first-order chi connectivity index (χ1) is 6.33. The summed E-state index contributed by atoms with van der Waals surface area (Å²) < 4.78 is 0. The standard InChI is InChI=1S/C7H7.C2H3N.2HI.W/c1-2-4-6-7-5-3-1;1-2-3;;;/h1-7H;1H3;2*1H;/q;;;;+2/p-2. The number of rotatable bonds is 0. The van der Waals surface area contributed by atoms with Gasteiger partial charge in [0.25, 0.3) is 0 Å². The van der Waals surface area contributed by atoms with Crippen LogP contribution in [0.15, 0.2) is 0 Å². The molecule has 0 bridgehead atoms. The Hall–Kier alpha value is 1.64. The van der Waals surface area contributed by atoms with Gasteiger partial charge in [0.05, 0.1) is 6.07 Å². The first-order valence-electron chi connectivity index (χ1n) is 3.37. The van der Waals surface area contributed by atoms with Crippen molar-refractivity contribution in [2.75, 3.05) is 0 Å². The van der Waals surface area contributed by atoms with Crippen LogP contribution in [0.3, 0.4) is 0 Å². The molecule has 0 aromatic rings. The van der Waals surface area contributed by atoms with Crippen molar-refractivity contribution in [1.82, 2.24) is 0 Å². The average molecular weight is 570 g/mol. The molecule has 1 aliphatic rings. The van der Waals surface area contributed by atoms with Crippen LogP contribution in [0, 0.1) is 56.3 Å². The van der Waals surface area contributed by atoms with E-state index in [0.717, 1.165) is 0 Å². The fraction of sp³-hybridized carbons (Fsp3) is 0.111. The molecule has 0 unspecified atom stereocenters. The Bertz CT molecular complexity index is 95.0. The summed E-state index contributed by atoms with van der Waals surface area (Å²) >= 11 is 5.07. The van der Waals surface area contributed by atoms with Gasteiger partial charge in [-0.1, -0.05) is 0 Å². The second-order valence-corrected chi connectivity index (χ2v) is 23.1. The maximum absolute atomic E-state index is 7.32. The van der Waals surface area contributed by atoms with Gasteiger partial charge in [-0.15, -0.1) is 0 Å². The molecule has 71 valence electrons. The molecule has 0 aromatic carbocycles. The molecule has 0 atom stereocenters. The van der Waals surface area contributed by atoms with Crippen molar-refractivity contribution in [3.63, 3.8) is 0 Å². The van der Waals surface area contributed by atoms with E-state index >= 15 is 0 Å². The van der Waals surface area contributed by atoms with Crippen LogP contribution in [-0.2, 0) is 11.2 Å². The number of halogens is 2. The molecule has 1 aliphatic carbocycles. The summed E-state index contributed by atoms with van der Waals surface area (Å²) in [7, 11) is 0. The molecule has 0 spiro atoms. The summed E-state index contributed by atoms with van der Waals surface area (Å²) in [5, 5.41) is 7.32. The summed E-state index contributed by atoms with van der Waals surface area (Å²) in [5.41, 5.74) is 0. The van der Waals surface area contributed by atoms with Gasteiger partial charge in [-0.25, -0.2) is 0 Å². The van der Waals surface area contributed by atoms with Crippen LogP contribution >= 0.6 is 38.7 Å². The van der Waals surface area contributed by atoms with E-state index < -0.39 is 0 Å². The molecule has 1 saturated carbocycles. The SMILES string of the molecule is CC#N.[CH]1[CH][CH][CH][CH][CH][CH]1.[I][W][I]. The Morgan fingerprint density at radius 3 is 1.08 bits per heavy atom. The zero-order valence-electron chi connectivity index (χ0n) is 7.15. The van der Waals surface area contributed by atoms with Crippen molar-refractivity contribution < 1.29 is 11.2 Å². The van der Waals surface area contributed by atoms with Crippen molar-refractivity contribution in [2.45, 2.75) is 6.92 Å². The first kappa shape index (κ1) is 17.0. The number of nitriles is 1. The molecule has 0 aliphatic heterocycles. The van der Waals surface area contributed by atoms with E-state index in [2.05, 4.69) is 38.7 Å². The van der Waals surface area contributed by atoms with E-state index in [1.54, 1.807) is 6.07 Å². The maximum atomic E-state index is 7.32. The van der Waals surface area contributed by atoms with Gasteiger partial charge in [0.1, 0.15) is 0 Å². The Morgan fingerprint density at radius 1 is 0.923 bits per heavy atom. The van der Waals surface area contributed by atoms with E-state index in [-0.39, 0.29) is 11.2 Å². The molecular weight excluding hydrogens is 560 g/mol. The molecule has 13 heavy (non-hydrogen) atoms. The third-order valence-corrected chi connectivity index (χ3v) is 0.778. The van der Waals surface area contributed by atoms with Crippen molar-refractivity contribution in [1.29, 1.82) is 5.26 Å². The molecule has 1 nitrogen and oxygen atoms in total. The molecule has 0 saturated heterocycles. The summed E-state index contributed by atoms with van der Waals surface area (Å²) in [6, 6.07) is 1.75. The van der Waals surface area contributed by atoms with E-state index in [1.807, 2.05) is 44.9 Å². The van der Waals surface area contributed by atoms with Gasteiger partial charge in [-0.05, 0) is 44.9 Å². The molecular formula is C9H10I2NW. The van der Waals surface area contributed by atoms with Crippen LogP contribution in [0.25, 0.3) is 0 Å². The van der Waals surface area contributed by atoms with E-state index in [1.165, 1.54) is 6.92 Å². The Morgan fingerprint density at radius 2 is 1.00 bits per heavy atom. The van der Waals surface area contributed by atoms with Gasteiger partial charge < -0.3 is 0 Å². The quantitative estimate of drug-likeness (QED) is 0.322. The van der Waals surface area contributed by atoms with Crippen LogP contribution < -0.4 is 0 Å². The molecule has 0 heterocycles. The average Bonchev–Trinajstić information content (AvgIpc) is 2.37. The number of hydrogen-bond donors (Lipinski definition) is 0. The van der Waals surface area contributed by atoms with Crippen molar-refractivity contribution in [3.8, 4) is 6.07 Å². The van der Waals surface area contributed by atoms with Crippen LogP contribution in [0.1, 0.15) is 6.92 Å². The number of nitrogens with zero attached hydrogens (tertiary/aromatic N) is 1.